The van der Waals surface area contributed by atoms with Gasteiger partial charge < -0.3 is 25.0 Å². The zero-order valence-electron chi connectivity index (χ0n) is 15.3. The van der Waals surface area contributed by atoms with E-state index in [1.807, 2.05) is 0 Å². The molecule has 0 aliphatic heterocycles. The molecule has 0 radical (unpaired) electrons. The molecule has 0 aromatic carbocycles. The maximum atomic E-state index is 5.98. The summed E-state index contributed by atoms with van der Waals surface area (Å²) in [6.45, 7) is 5.09. The van der Waals surface area contributed by atoms with E-state index in [2.05, 4.69) is 27.6 Å². The second kappa shape index (κ2) is 13.6. The number of nitrogens with one attached hydrogen (secondary N) is 2. The molecule has 1 saturated carbocycles. The Morgan fingerprint density at radius 2 is 1.74 bits per heavy atom. The number of likely N-dealkylation sites (N-methyl/N-ethyl adjacent to an activating group) is 1. The predicted octanol–water partition coefficient (Wildman–Crippen LogP) is 1.47. The molecule has 6 nitrogen and oxygen atoms in total. The van der Waals surface area contributed by atoms with Crippen molar-refractivity contribution in [1.82, 2.24) is 15.5 Å². The molecule has 23 heavy (non-hydrogen) atoms. The number of ether oxygens (including phenoxy) is 2. The fourth-order valence-electron chi connectivity index (χ4n) is 2.75. The van der Waals surface area contributed by atoms with Gasteiger partial charge in [0.2, 0.25) is 0 Å². The third-order valence-corrected chi connectivity index (χ3v) is 4.24. The SMILES string of the molecule is CN=C(NCCOC1CCCCCC1)NCCN(C)CCOC. The molecule has 0 heterocycles. The van der Waals surface area contributed by atoms with Gasteiger partial charge >= 0.3 is 0 Å². The first-order valence-electron chi connectivity index (χ1n) is 9.00. The molecule has 2 N–H and O–H groups in total. The van der Waals surface area contributed by atoms with E-state index < -0.39 is 0 Å². The number of rotatable bonds is 10. The van der Waals surface area contributed by atoms with E-state index in [1.54, 1.807) is 14.2 Å². The van der Waals surface area contributed by atoms with Gasteiger partial charge in [0.25, 0.3) is 0 Å². The maximum Gasteiger partial charge on any atom is 0.191 e. The maximum absolute atomic E-state index is 5.98. The minimum Gasteiger partial charge on any atom is -0.383 e. The number of aliphatic imine (C=N–C) groups is 1. The Kier molecular flexibility index (Phi) is 11.9. The highest BCUT2D eigenvalue weighted by Gasteiger charge is 2.12. The average Bonchev–Trinajstić information content (AvgIpc) is 2.83. The summed E-state index contributed by atoms with van der Waals surface area (Å²) >= 11 is 0. The largest absolute Gasteiger partial charge is 0.383 e. The van der Waals surface area contributed by atoms with Crippen LogP contribution in [0, 0.1) is 0 Å². The predicted molar refractivity (Wildman–Crippen MR) is 96.2 cm³/mol. The minimum absolute atomic E-state index is 0.462. The Labute approximate surface area is 142 Å². The highest BCUT2D eigenvalue weighted by molar-refractivity contribution is 5.79. The minimum atomic E-state index is 0.462. The van der Waals surface area contributed by atoms with Crippen LogP contribution in [0.15, 0.2) is 4.99 Å². The van der Waals surface area contributed by atoms with Gasteiger partial charge in [0.15, 0.2) is 5.96 Å². The van der Waals surface area contributed by atoms with Gasteiger partial charge in [-0.3, -0.25) is 4.99 Å². The zero-order chi connectivity index (χ0) is 16.8. The zero-order valence-corrected chi connectivity index (χ0v) is 15.3. The molecule has 1 rings (SSSR count). The van der Waals surface area contributed by atoms with E-state index in [0.29, 0.717) is 6.10 Å². The lowest BCUT2D eigenvalue weighted by molar-refractivity contribution is 0.0468. The summed E-state index contributed by atoms with van der Waals surface area (Å²) in [6.07, 6.45) is 8.28. The Hall–Kier alpha value is -0.850. The van der Waals surface area contributed by atoms with Gasteiger partial charge in [-0.25, -0.2) is 0 Å². The highest BCUT2D eigenvalue weighted by atomic mass is 16.5. The molecule has 0 atom stereocenters. The molecule has 0 spiro atoms. The third kappa shape index (κ3) is 10.5. The topological polar surface area (TPSA) is 58.1 Å². The Balaban J connectivity index is 2.04. The van der Waals surface area contributed by atoms with Crippen molar-refractivity contribution in [3.05, 3.63) is 0 Å². The van der Waals surface area contributed by atoms with Crippen molar-refractivity contribution in [2.24, 2.45) is 4.99 Å². The molecule has 136 valence electrons. The number of hydrogen-bond acceptors (Lipinski definition) is 4. The Bertz CT molecular complexity index is 305. The molecule has 0 aromatic rings. The van der Waals surface area contributed by atoms with Crippen LogP contribution in [0.25, 0.3) is 0 Å². The second-order valence-electron chi connectivity index (χ2n) is 6.21. The van der Waals surface area contributed by atoms with Gasteiger partial charge in [-0.1, -0.05) is 25.7 Å². The van der Waals surface area contributed by atoms with Crippen LogP contribution in [0.4, 0.5) is 0 Å². The van der Waals surface area contributed by atoms with E-state index in [4.69, 9.17) is 9.47 Å². The van der Waals surface area contributed by atoms with Gasteiger partial charge in [0.1, 0.15) is 0 Å². The summed E-state index contributed by atoms with van der Waals surface area (Å²) in [5, 5.41) is 6.64. The van der Waals surface area contributed by atoms with Gasteiger partial charge in [0, 0.05) is 40.3 Å². The third-order valence-electron chi connectivity index (χ3n) is 4.24. The Morgan fingerprint density at radius 3 is 2.39 bits per heavy atom. The molecular weight excluding hydrogens is 292 g/mol. The lowest BCUT2D eigenvalue weighted by atomic mass is 10.1. The van der Waals surface area contributed by atoms with Crippen LogP contribution in [-0.4, -0.2) is 77.6 Å². The fraction of sp³-hybridized carbons (Fsp3) is 0.941. The van der Waals surface area contributed by atoms with Crippen molar-refractivity contribution < 1.29 is 9.47 Å². The summed E-state index contributed by atoms with van der Waals surface area (Å²) in [5.74, 6) is 0.842. The van der Waals surface area contributed by atoms with Gasteiger partial charge in [0.05, 0.1) is 19.3 Å². The molecule has 0 unspecified atom stereocenters. The number of nitrogens with zero attached hydrogens (tertiary/aromatic N) is 2. The monoisotopic (exact) mass is 328 g/mol. The van der Waals surface area contributed by atoms with Crippen LogP contribution in [0.1, 0.15) is 38.5 Å². The lowest BCUT2D eigenvalue weighted by Gasteiger charge is -2.19. The number of guanidine groups is 1. The summed E-state index contributed by atoms with van der Waals surface area (Å²) in [4.78, 5) is 6.48. The van der Waals surface area contributed by atoms with Crippen molar-refractivity contribution in [2.75, 3.05) is 60.6 Å². The summed E-state index contributed by atoms with van der Waals surface area (Å²) < 4.78 is 11.0. The Morgan fingerprint density at radius 1 is 1.04 bits per heavy atom. The molecule has 1 aliphatic carbocycles. The smallest absolute Gasteiger partial charge is 0.191 e. The first-order chi connectivity index (χ1) is 11.3. The molecule has 6 heteroatoms. The van der Waals surface area contributed by atoms with Crippen LogP contribution in [-0.2, 0) is 9.47 Å². The van der Waals surface area contributed by atoms with E-state index >= 15 is 0 Å². The van der Waals surface area contributed by atoms with Crippen molar-refractivity contribution in [3.8, 4) is 0 Å². The van der Waals surface area contributed by atoms with E-state index in [-0.39, 0.29) is 0 Å². The average molecular weight is 329 g/mol. The first kappa shape index (κ1) is 20.2. The van der Waals surface area contributed by atoms with E-state index in [0.717, 1.165) is 45.4 Å². The molecule has 1 aliphatic rings. The highest BCUT2D eigenvalue weighted by Crippen LogP contribution is 2.19. The summed E-state index contributed by atoms with van der Waals surface area (Å²) in [7, 11) is 5.63. The fourth-order valence-corrected chi connectivity index (χ4v) is 2.75. The molecular formula is C17H36N4O2. The quantitative estimate of drug-likeness (QED) is 0.275. The summed E-state index contributed by atoms with van der Waals surface area (Å²) in [5.41, 5.74) is 0. The van der Waals surface area contributed by atoms with E-state index in [9.17, 15) is 0 Å². The van der Waals surface area contributed by atoms with Crippen molar-refractivity contribution in [2.45, 2.75) is 44.6 Å². The molecule has 1 fully saturated rings. The van der Waals surface area contributed by atoms with Crippen LogP contribution in [0.5, 0.6) is 0 Å². The van der Waals surface area contributed by atoms with Crippen LogP contribution < -0.4 is 10.6 Å². The molecule has 0 amide bonds. The molecule has 0 saturated heterocycles. The normalized spacial score (nSPS) is 17.3. The van der Waals surface area contributed by atoms with Crippen LogP contribution in [0.2, 0.25) is 0 Å². The van der Waals surface area contributed by atoms with Gasteiger partial charge in [-0.2, -0.15) is 0 Å². The van der Waals surface area contributed by atoms with Gasteiger partial charge in [-0.05, 0) is 19.9 Å². The van der Waals surface area contributed by atoms with Crippen molar-refractivity contribution >= 4 is 5.96 Å². The molecule has 0 aromatic heterocycles. The first-order valence-corrected chi connectivity index (χ1v) is 9.00. The van der Waals surface area contributed by atoms with E-state index in [1.165, 1.54) is 38.5 Å². The van der Waals surface area contributed by atoms with Crippen LogP contribution in [0.3, 0.4) is 0 Å². The second-order valence-corrected chi connectivity index (χ2v) is 6.21. The lowest BCUT2D eigenvalue weighted by Crippen LogP contribution is -2.42. The van der Waals surface area contributed by atoms with Crippen molar-refractivity contribution in [1.29, 1.82) is 0 Å². The van der Waals surface area contributed by atoms with Crippen LogP contribution >= 0.6 is 0 Å². The summed E-state index contributed by atoms with van der Waals surface area (Å²) in [6, 6.07) is 0. The number of methoxy groups -OCH3 is 1. The standard InChI is InChI=1S/C17H36N4O2/c1-18-17(19-10-12-21(2)13-15-22-3)20-11-14-23-16-8-6-4-5-7-9-16/h16H,4-15H2,1-3H3,(H2,18,19,20). The number of hydrogen-bond donors (Lipinski definition) is 2. The molecule has 0 bridgehead atoms. The van der Waals surface area contributed by atoms with Crippen molar-refractivity contribution in [3.63, 3.8) is 0 Å². The van der Waals surface area contributed by atoms with Gasteiger partial charge in [-0.15, -0.1) is 0 Å².